The number of aromatic nitrogens is 2. The van der Waals surface area contributed by atoms with Gasteiger partial charge in [-0.2, -0.15) is 5.10 Å². The molecule has 0 spiro atoms. The highest BCUT2D eigenvalue weighted by Crippen LogP contribution is 2.22. The normalized spacial score (nSPS) is 10.7. The van der Waals surface area contributed by atoms with Gasteiger partial charge in [0.05, 0.1) is 30.8 Å². The summed E-state index contributed by atoms with van der Waals surface area (Å²) in [5.74, 6) is 0.445. The van der Waals surface area contributed by atoms with Crippen LogP contribution in [0, 0.1) is 10.1 Å². The molecule has 0 radical (unpaired) electrons. The third-order valence-corrected chi connectivity index (χ3v) is 3.67. The second-order valence-corrected chi connectivity index (χ2v) is 5.34. The molecule has 0 atom stereocenters. The Morgan fingerprint density at radius 3 is 2.84 bits per heavy atom. The Hall–Kier alpha value is -2.94. The van der Waals surface area contributed by atoms with Gasteiger partial charge in [0, 0.05) is 6.54 Å². The summed E-state index contributed by atoms with van der Waals surface area (Å²) in [5.41, 5.74) is 0.575. The molecule has 9 heteroatoms. The molecule has 0 saturated carbocycles. The summed E-state index contributed by atoms with van der Waals surface area (Å²) >= 11 is 0. The van der Waals surface area contributed by atoms with Gasteiger partial charge < -0.3 is 10.1 Å². The van der Waals surface area contributed by atoms with Crippen molar-refractivity contribution >= 4 is 17.3 Å². The number of para-hydroxylation sites is 2. The van der Waals surface area contributed by atoms with E-state index in [0.717, 1.165) is 0 Å². The van der Waals surface area contributed by atoms with Gasteiger partial charge in [-0.3, -0.25) is 24.5 Å². The summed E-state index contributed by atoms with van der Waals surface area (Å²) in [4.78, 5) is 24.3. The Bertz CT molecular complexity index is 731. The van der Waals surface area contributed by atoms with E-state index in [-0.39, 0.29) is 18.1 Å². The lowest BCUT2D eigenvalue weighted by Crippen LogP contribution is -2.35. The van der Waals surface area contributed by atoms with Crippen LogP contribution < -0.4 is 10.1 Å². The number of nitrogens with one attached hydrogen (secondary N) is 1. The smallest absolute Gasteiger partial charge is 0.306 e. The second-order valence-electron chi connectivity index (χ2n) is 5.34. The Balaban J connectivity index is 1.87. The molecule has 1 amide bonds. The molecule has 0 saturated heterocycles. The quantitative estimate of drug-likeness (QED) is 0.548. The van der Waals surface area contributed by atoms with Crippen molar-refractivity contribution in [2.75, 3.05) is 32.1 Å². The van der Waals surface area contributed by atoms with E-state index in [0.29, 0.717) is 31.1 Å². The average molecular weight is 347 g/mol. The van der Waals surface area contributed by atoms with Gasteiger partial charge >= 0.3 is 5.69 Å². The summed E-state index contributed by atoms with van der Waals surface area (Å²) < 4.78 is 6.71. The second kappa shape index (κ2) is 8.78. The molecule has 0 aliphatic heterocycles. The molecule has 0 bridgehead atoms. The first-order valence-electron chi connectivity index (χ1n) is 7.85. The predicted octanol–water partition coefficient (Wildman–Crippen LogP) is 1.76. The molecule has 0 fully saturated rings. The maximum Gasteiger partial charge on any atom is 0.306 e. The van der Waals surface area contributed by atoms with Crippen molar-refractivity contribution in [3.8, 4) is 5.75 Å². The van der Waals surface area contributed by atoms with E-state index < -0.39 is 4.92 Å². The Kier molecular flexibility index (Phi) is 6.47. The maximum absolute atomic E-state index is 12.2. The molecule has 1 N–H and O–H groups in total. The molecule has 1 heterocycles. The van der Waals surface area contributed by atoms with E-state index in [1.165, 1.54) is 17.1 Å². The predicted molar refractivity (Wildman–Crippen MR) is 92.6 cm³/mol. The third kappa shape index (κ3) is 5.28. The summed E-state index contributed by atoms with van der Waals surface area (Å²) in [5, 5.41) is 17.4. The number of carbonyl (C=O) groups is 1. The summed E-state index contributed by atoms with van der Waals surface area (Å²) in [6.07, 6.45) is 2.59. The van der Waals surface area contributed by atoms with Crippen LogP contribution in [0.4, 0.5) is 11.4 Å². The van der Waals surface area contributed by atoms with Gasteiger partial charge in [-0.05, 0) is 18.7 Å². The van der Waals surface area contributed by atoms with Crippen molar-refractivity contribution in [2.24, 2.45) is 0 Å². The van der Waals surface area contributed by atoms with Gasteiger partial charge in [0.1, 0.15) is 18.1 Å². The molecule has 1 aromatic heterocycles. The van der Waals surface area contributed by atoms with Crippen LogP contribution in [-0.4, -0.2) is 52.3 Å². The minimum Gasteiger partial charge on any atom is -0.495 e. The summed E-state index contributed by atoms with van der Waals surface area (Å²) in [6, 6.07) is 7.20. The lowest BCUT2D eigenvalue weighted by Gasteiger charge is -2.20. The molecule has 9 nitrogen and oxygen atoms in total. The first kappa shape index (κ1) is 18.4. The Morgan fingerprint density at radius 2 is 2.20 bits per heavy atom. The van der Waals surface area contributed by atoms with Crippen LogP contribution in [0.5, 0.6) is 5.75 Å². The van der Waals surface area contributed by atoms with Gasteiger partial charge in [-0.25, -0.2) is 0 Å². The van der Waals surface area contributed by atoms with Crippen molar-refractivity contribution in [1.29, 1.82) is 0 Å². The van der Waals surface area contributed by atoms with E-state index in [2.05, 4.69) is 10.4 Å². The number of benzene rings is 1. The van der Waals surface area contributed by atoms with Gasteiger partial charge in [-0.15, -0.1) is 0 Å². The fourth-order valence-corrected chi connectivity index (χ4v) is 2.30. The maximum atomic E-state index is 12.2. The van der Waals surface area contributed by atoms with Crippen molar-refractivity contribution in [3.05, 3.63) is 46.8 Å². The van der Waals surface area contributed by atoms with Crippen molar-refractivity contribution in [3.63, 3.8) is 0 Å². The topological polar surface area (TPSA) is 103 Å². The summed E-state index contributed by atoms with van der Waals surface area (Å²) in [6.45, 7) is 3.83. The number of nitrogens with zero attached hydrogens (tertiary/aromatic N) is 4. The molecular weight excluding hydrogens is 326 g/mol. The molecule has 25 heavy (non-hydrogen) atoms. The van der Waals surface area contributed by atoms with Gasteiger partial charge in [-0.1, -0.05) is 19.1 Å². The van der Waals surface area contributed by atoms with E-state index >= 15 is 0 Å². The van der Waals surface area contributed by atoms with Crippen LogP contribution in [-0.2, 0) is 11.3 Å². The third-order valence-electron chi connectivity index (χ3n) is 3.67. The lowest BCUT2D eigenvalue weighted by atomic mass is 10.3. The lowest BCUT2D eigenvalue weighted by molar-refractivity contribution is -0.385. The number of hydrogen-bond acceptors (Lipinski definition) is 6. The number of rotatable bonds is 9. The highest BCUT2D eigenvalue weighted by Gasteiger charge is 2.13. The van der Waals surface area contributed by atoms with Crippen LogP contribution in [0.3, 0.4) is 0 Å². The van der Waals surface area contributed by atoms with Crippen molar-refractivity contribution < 1.29 is 14.5 Å². The number of methoxy groups -OCH3 is 1. The molecule has 0 unspecified atom stereocenters. The van der Waals surface area contributed by atoms with E-state index in [1.807, 2.05) is 24.0 Å². The molecule has 134 valence electrons. The SMILES string of the molecule is CCN(CCn1cc([N+](=O)[O-])cn1)CC(=O)Nc1ccccc1OC. The zero-order valence-electron chi connectivity index (χ0n) is 14.2. The van der Waals surface area contributed by atoms with Crippen molar-refractivity contribution in [2.45, 2.75) is 13.5 Å². The fraction of sp³-hybridized carbons (Fsp3) is 0.375. The molecule has 0 aliphatic carbocycles. The van der Waals surface area contributed by atoms with E-state index in [9.17, 15) is 14.9 Å². The molecule has 0 aliphatic rings. The van der Waals surface area contributed by atoms with Crippen molar-refractivity contribution in [1.82, 2.24) is 14.7 Å². The van der Waals surface area contributed by atoms with Gasteiger partial charge in [0.15, 0.2) is 0 Å². The number of ether oxygens (including phenoxy) is 1. The summed E-state index contributed by atoms with van der Waals surface area (Å²) in [7, 11) is 1.55. The minimum absolute atomic E-state index is 0.0445. The number of nitro groups is 1. The van der Waals surface area contributed by atoms with Crippen LogP contribution in [0.2, 0.25) is 0 Å². The number of likely N-dealkylation sites (N-methyl/N-ethyl adjacent to an activating group) is 1. The van der Waals surface area contributed by atoms with Crippen LogP contribution in [0.1, 0.15) is 6.92 Å². The number of anilines is 1. The standard InChI is InChI=1S/C16H21N5O4/c1-3-19(8-9-20-11-13(10-17-20)21(23)24)12-16(22)18-14-6-4-5-7-15(14)25-2/h4-7,10-11H,3,8-9,12H2,1-2H3,(H,18,22). The van der Waals surface area contributed by atoms with Gasteiger partial charge in [0.2, 0.25) is 5.91 Å². The van der Waals surface area contributed by atoms with Crippen LogP contribution >= 0.6 is 0 Å². The minimum atomic E-state index is -0.484. The number of carbonyl (C=O) groups excluding carboxylic acids is 1. The number of hydrogen-bond donors (Lipinski definition) is 1. The Labute approximate surface area is 145 Å². The monoisotopic (exact) mass is 347 g/mol. The molecular formula is C16H21N5O4. The molecule has 2 rings (SSSR count). The zero-order chi connectivity index (χ0) is 18.2. The Morgan fingerprint density at radius 1 is 1.44 bits per heavy atom. The fourth-order valence-electron chi connectivity index (χ4n) is 2.30. The molecule has 2 aromatic rings. The largest absolute Gasteiger partial charge is 0.495 e. The van der Waals surface area contributed by atoms with Gasteiger partial charge in [0.25, 0.3) is 0 Å². The van der Waals surface area contributed by atoms with Crippen LogP contribution in [0.15, 0.2) is 36.7 Å². The first-order valence-corrected chi connectivity index (χ1v) is 7.85. The first-order chi connectivity index (χ1) is 12.0. The zero-order valence-corrected chi connectivity index (χ0v) is 14.2. The molecule has 1 aromatic carbocycles. The highest BCUT2D eigenvalue weighted by molar-refractivity contribution is 5.93. The average Bonchev–Trinajstić information content (AvgIpc) is 3.08. The van der Waals surface area contributed by atoms with E-state index in [4.69, 9.17) is 4.74 Å². The highest BCUT2D eigenvalue weighted by atomic mass is 16.6. The number of amides is 1. The van der Waals surface area contributed by atoms with E-state index in [1.54, 1.807) is 19.2 Å². The van der Waals surface area contributed by atoms with Crippen LogP contribution in [0.25, 0.3) is 0 Å².